The molecule has 18 heavy (non-hydrogen) atoms. The van der Waals surface area contributed by atoms with Crippen molar-refractivity contribution in [2.75, 3.05) is 10.7 Å². The number of fused-ring (bicyclic) bond motifs is 1. The summed E-state index contributed by atoms with van der Waals surface area (Å²) in [7, 11) is -3.43. The van der Waals surface area contributed by atoms with Gasteiger partial charge in [0.05, 0.1) is 11.2 Å². The van der Waals surface area contributed by atoms with Crippen LogP contribution in [0.1, 0.15) is 18.4 Å². The van der Waals surface area contributed by atoms with E-state index in [2.05, 4.69) is 9.71 Å². The number of isocyanates is 1. The van der Waals surface area contributed by atoms with E-state index in [1.807, 2.05) is 0 Å². The summed E-state index contributed by atoms with van der Waals surface area (Å²) in [4.78, 5) is 14.2. The van der Waals surface area contributed by atoms with Crippen molar-refractivity contribution in [1.29, 1.82) is 0 Å². The molecule has 7 heteroatoms. The maximum atomic E-state index is 11.4. The van der Waals surface area contributed by atoms with Gasteiger partial charge >= 0.3 is 0 Å². The van der Waals surface area contributed by atoms with Gasteiger partial charge in [0.1, 0.15) is 5.75 Å². The number of nitrogens with zero attached hydrogens (tertiary/aromatic N) is 1. The lowest BCUT2D eigenvalue weighted by Gasteiger charge is -2.20. The predicted octanol–water partition coefficient (Wildman–Crippen LogP) is 1.10. The van der Waals surface area contributed by atoms with E-state index in [1.165, 1.54) is 0 Å². The summed E-state index contributed by atoms with van der Waals surface area (Å²) in [5.74, 6) is 0.108. The number of hydrogen-bond donors (Lipinski definition) is 1. The molecule has 1 aliphatic carbocycles. The summed E-state index contributed by atoms with van der Waals surface area (Å²) in [6.07, 6.45) is 3.12. The van der Waals surface area contributed by atoms with Crippen molar-refractivity contribution in [2.45, 2.75) is 18.4 Å². The number of rotatable bonds is 2. The molecular weight excluding hydrogens is 256 g/mol. The highest BCUT2D eigenvalue weighted by Gasteiger charge is 2.45. The van der Waals surface area contributed by atoms with Crippen molar-refractivity contribution >= 4 is 21.8 Å². The molecule has 0 aromatic heterocycles. The molecule has 0 radical (unpaired) electrons. The molecule has 3 rings (SSSR count). The summed E-state index contributed by atoms with van der Waals surface area (Å²) in [6.45, 7) is 0. The number of carbonyl (C=O) groups excluding carboxylic acids is 1. The van der Waals surface area contributed by atoms with E-state index < -0.39 is 15.6 Å². The van der Waals surface area contributed by atoms with Crippen LogP contribution in [0.4, 0.5) is 5.69 Å². The minimum atomic E-state index is -3.43. The van der Waals surface area contributed by atoms with E-state index in [4.69, 9.17) is 4.74 Å². The fourth-order valence-corrected chi connectivity index (χ4v) is 2.87. The quantitative estimate of drug-likeness (QED) is 0.641. The second kappa shape index (κ2) is 3.57. The number of sulfonamides is 1. The summed E-state index contributed by atoms with van der Waals surface area (Å²) in [6, 6.07) is 5.15. The van der Waals surface area contributed by atoms with E-state index in [-0.39, 0.29) is 5.94 Å². The van der Waals surface area contributed by atoms with Gasteiger partial charge in [0.2, 0.25) is 12.0 Å². The lowest BCUT2D eigenvalue weighted by Crippen LogP contribution is -2.25. The monoisotopic (exact) mass is 266 g/mol. The van der Waals surface area contributed by atoms with Gasteiger partial charge in [-0.2, -0.15) is 4.99 Å². The zero-order chi connectivity index (χ0) is 12.8. The Morgan fingerprint density at radius 2 is 2.17 bits per heavy atom. The highest BCUT2D eigenvalue weighted by molar-refractivity contribution is 7.92. The molecule has 1 aliphatic heterocycles. The molecule has 1 aromatic carbocycles. The van der Waals surface area contributed by atoms with E-state index in [0.29, 0.717) is 11.4 Å². The maximum absolute atomic E-state index is 11.4. The highest BCUT2D eigenvalue weighted by atomic mass is 32.2. The topological polar surface area (TPSA) is 84.8 Å². The van der Waals surface area contributed by atoms with Crippen molar-refractivity contribution in [1.82, 2.24) is 0 Å². The SMILES string of the molecule is O=C=NC1(c2ccc3c(c2)NS(=O)(=O)CO3)CC1. The van der Waals surface area contributed by atoms with E-state index >= 15 is 0 Å². The number of benzene rings is 1. The lowest BCUT2D eigenvalue weighted by molar-refractivity contribution is 0.374. The van der Waals surface area contributed by atoms with E-state index in [9.17, 15) is 13.2 Å². The van der Waals surface area contributed by atoms with Crippen molar-refractivity contribution in [3.8, 4) is 5.75 Å². The Hall–Kier alpha value is -1.85. The fraction of sp³-hybridized carbons (Fsp3) is 0.364. The van der Waals surface area contributed by atoms with Crippen LogP contribution >= 0.6 is 0 Å². The Kier molecular flexibility index (Phi) is 2.23. The molecule has 1 saturated carbocycles. The first-order valence-electron chi connectivity index (χ1n) is 5.42. The van der Waals surface area contributed by atoms with Crippen LogP contribution in [0.3, 0.4) is 0 Å². The molecule has 0 amide bonds. The van der Waals surface area contributed by atoms with Gasteiger partial charge in [-0.05, 0) is 30.5 Å². The maximum Gasteiger partial charge on any atom is 0.268 e. The van der Waals surface area contributed by atoms with Crippen molar-refractivity contribution < 1.29 is 17.9 Å². The molecule has 1 N–H and O–H groups in total. The second-order valence-corrected chi connectivity index (χ2v) is 6.09. The molecule has 0 bridgehead atoms. The molecule has 0 saturated heterocycles. The van der Waals surface area contributed by atoms with E-state index in [0.717, 1.165) is 18.4 Å². The third kappa shape index (κ3) is 1.77. The van der Waals surface area contributed by atoms with Crippen LogP contribution in [0.5, 0.6) is 5.75 Å². The number of anilines is 1. The smallest absolute Gasteiger partial charge is 0.268 e. The highest BCUT2D eigenvalue weighted by Crippen LogP contribution is 2.50. The van der Waals surface area contributed by atoms with Gasteiger partial charge in [-0.15, -0.1) is 0 Å². The number of nitrogens with one attached hydrogen (secondary N) is 1. The molecule has 2 aliphatic rings. The van der Waals surface area contributed by atoms with Crippen molar-refractivity contribution in [2.24, 2.45) is 4.99 Å². The number of ether oxygens (including phenoxy) is 1. The van der Waals surface area contributed by atoms with Crippen LogP contribution < -0.4 is 9.46 Å². The Balaban J connectivity index is 2.04. The fourth-order valence-electron chi connectivity index (χ4n) is 2.03. The van der Waals surface area contributed by atoms with Crippen molar-refractivity contribution in [3.63, 3.8) is 0 Å². The standard InChI is InChI=1S/C11H10N2O4S/c14-6-12-11(3-4-11)8-1-2-10-9(5-8)13-18(15,16)7-17-10/h1-2,5,13H,3-4,7H2. The Morgan fingerprint density at radius 1 is 1.39 bits per heavy atom. The largest absolute Gasteiger partial charge is 0.474 e. The van der Waals surface area contributed by atoms with Crippen LogP contribution in [0.25, 0.3) is 0 Å². The molecule has 1 fully saturated rings. The second-order valence-electron chi connectivity index (χ2n) is 4.42. The predicted molar refractivity (Wildman–Crippen MR) is 63.5 cm³/mol. The third-order valence-electron chi connectivity index (χ3n) is 3.14. The van der Waals surface area contributed by atoms with Gasteiger partial charge in [-0.3, -0.25) is 4.72 Å². The number of aliphatic imine (C=N–C) groups is 1. The van der Waals surface area contributed by atoms with Gasteiger partial charge in [0, 0.05) is 0 Å². The Bertz CT molecular complexity index is 658. The first kappa shape index (κ1) is 11.3. The average molecular weight is 266 g/mol. The van der Waals surface area contributed by atoms with Crippen LogP contribution in [0.15, 0.2) is 23.2 Å². The summed E-state index contributed by atoms with van der Waals surface area (Å²) in [5, 5.41) is 0. The zero-order valence-electron chi connectivity index (χ0n) is 9.34. The minimum absolute atomic E-state index is 0.378. The van der Waals surface area contributed by atoms with Crippen molar-refractivity contribution in [3.05, 3.63) is 23.8 Å². The summed E-state index contributed by atoms with van der Waals surface area (Å²) in [5.41, 5.74) is 0.684. The van der Waals surface area contributed by atoms with Gasteiger partial charge in [0.15, 0.2) is 0 Å². The Morgan fingerprint density at radius 3 is 2.83 bits per heavy atom. The molecule has 0 spiro atoms. The third-order valence-corrected chi connectivity index (χ3v) is 4.09. The zero-order valence-corrected chi connectivity index (χ0v) is 10.2. The molecule has 0 atom stereocenters. The molecule has 1 heterocycles. The van der Waals surface area contributed by atoms with Gasteiger partial charge in [-0.25, -0.2) is 13.2 Å². The molecule has 6 nitrogen and oxygen atoms in total. The Labute approximate surface area is 104 Å². The van der Waals surface area contributed by atoms with Crippen LogP contribution in [-0.4, -0.2) is 20.4 Å². The van der Waals surface area contributed by atoms with Crippen LogP contribution in [-0.2, 0) is 20.4 Å². The normalized spacial score (nSPS) is 21.8. The van der Waals surface area contributed by atoms with Gasteiger partial charge in [-0.1, -0.05) is 6.07 Å². The molecule has 0 unspecified atom stereocenters. The van der Waals surface area contributed by atoms with Crippen LogP contribution in [0.2, 0.25) is 0 Å². The first-order chi connectivity index (χ1) is 8.55. The molecule has 94 valence electrons. The van der Waals surface area contributed by atoms with Crippen LogP contribution in [0, 0.1) is 0 Å². The lowest BCUT2D eigenvalue weighted by atomic mass is 10.0. The van der Waals surface area contributed by atoms with Gasteiger partial charge in [0.25, 0.3) is 10.0 Å². The minimum Gasteiger partial charge on any atom is -0.474 e. The summed E-state index contributed by atoms with van der Waals surface area (Å²) >= 11 is 0. The first-order valence-corrected chi connectivity index (χ1v) is 7.07. The average Bonchev–Trinajstić information content (AvgIpc) is 3.08. The summed E-state index contributed by atoms with van der Waals surface area (Å²) < 4.78 is 30.3. The van der Waals surface area contributed by atoms with Gasteiger partial charge < -0.3 is 4.74 Å². The van der Waals surface area contributed by atoms with E-state index in [1.54, 1.807) is 24.3 Å². The number of hydrogen-bond acceptors (Lipinski definition) is 5. The molecule has 1 aromatic rings. The molecular formula is C11H10N2O4S.